The molecule has 20 heavy (non-hydrogen) atoms. The first kappa shape index (κ1) is 14.5. The third-order valence-corrected chi connectivity index (χ3v) is 4.12. The molecule has 0 saturated carbocycles. The van der Waals surface area contributed by atoms with Crippen molar-refractivity contribution in [3.05, 3.63) is 12.4 Å². The Labute approximate surface area is 117 Å². The molecule has 1 aliphatic rings. The lowest BCUT2D eigenvalue weighted by Crippen LogP contribution is -2.47. The van der Waals surface area contributed by atoms with Crippen LogP contribution in [0.2, 0.25) is 0 Å². The number of amides is 1. The lowest BCUT2D eigenvalue weighted by atomic mass is 9.74. The summed E-state index contributed by atoms with van der Waals surface area (Å²) in [4.78, 5) is 25.3. The lowest BCUT2D eigenvalue weighted by molar-refractivity contribution is -0.153. The molecule has 1 aromatic rings. The van der Waals surface area contributed by atoms with Crippen LogP contribution in [-0.4, -0.2) is 50.0 Å². The minimum atomic E-state index is -0.813. The summed E-state index contributed by atoms with van der Waals surface area (Å²) >= 11 is 0. The number of carbonyl (C=O) groups is 2. The first-order chi connectivity index (χ1) is 9.41. The van der Waals surface area contributed by atoms with Crippen LogP contribution in [0.15, 0.2) is 12.4 Å². The number of hydrogen-bond donors (Lipinski definition) is 1. The van der Waals surface area contributed by atoms with E-state index >= 15 is 0 Å². The maximum absolute atomic E-state index is 12.2. The number of nitrogens with zero attached hydrogens (tertiary/aromatic N) is 4. The zero-order valence-electron chi connectivity index (χ0n) is 11.8. The molecule has 1 atom stereocenters. The van der Waals surface area contributed by atoms with Gasteiger partial charge in [-0.25, -0.2) is 4.68 Å². The number of aromatic nitrogens is 3. The average Bonchev–Trinajstić information content (AvgIpc) is 2.91. The van der Waals surface area contributed by atoms with Gasteiger partial charge in [-0.05, 0) is 32.6 Å². The molecule has 1 aliphatic heterocycles. The Morgan fingerprint density at radius 2 is 2.20 bits per heavy atom. The van der Waals surface area contributed by atoms with Gasteiger partial charge in [-0.15, -0.1) is 5.10 Å². The molecule has 0 bridgehead atoms. The molecule has 1 saturated heterocycles. The number of hydrogen-bond acceptors (Lipinski definition) is 4. The molecule has 7 nitrogen and oxygen atoms in total. The second kappa shape index (κ2) is 5.60. The first-order valence-corrected chi connectivity index (χ1v) is 6.76. The molecule has 0 spiro atoms. The van der Waals surface area contributed by atoms with E-state index in [0.29, 0.717) is 13.1 Å². The van der Waals surface area contributed by atoms with Gasteiger partial charge in [0, 0.05) is 19.3 Å². The highest BCUT2D eigenvalue weighted by molar-refractivity contribution is 5.77. The quantitative estimate of drug-likeness (QED) is 0.873. The van der Waals surface area contributed by atoms with E-state index in [0.717, 1.165) is 12.8 Å². The zero-order chi connectivity index (χ0) is 14.8. The zero-order valence-corrected chi connectivity index (χ0v) is 11.8. The fourth-order valence-electron chi connectivity index (χ4n) is 2.52. The van der Waals surface area contributed by atoms with E-state index in [4.69, 9.17) is 0 Å². The van der Waals surface area contributed by atoms with Crippen LogP contribution in [0.3, 0.4) is 0 Å². The van der Waals surface area contributed by atoms with Gasteiger partial charge in [-0.1, -0.05) is 5.21 Å². The second-order valence-corrected chi connectivity index (χ2v) is 5.81. The van der Waals surface area contributed by atoms with E-state index in [1.54, 1.807) is 24.9 Å². The molecular weight excluding hydrogens is 260 g/mol. The van der Waals surface area contributed by atoms with Crippen LogP contribution in [0.25, 0.3) is 0 Å². The van der Waals surface area contributed by atoms with Crippen LogP contribution in [0.5, 0.6) is 0 Å². The first-order valence-electron chi connectivity index (χ1n) is 6.76. The lowest BCUT2D eigenvalue weighted by Gasteiger charge is -2.39. The van der Waals surface area contributed by atoms with Gasteiger partial charge in [0.15, 0.2) is 0 Å². The SMILES string of the molecule is CC(C)(C(=O)O)C1CCCN(C(=O)Cn2ccnn2)C1. The molecular formula is C13H20N4O3. The summed E-state index contributed by atoms with van der Waals surface area (Å²) in [5.74, 6) is -0.872. The van der Waals surface area contributed by atoms with Crippen molar-refractivity contribution in [2.24, 2.45) is 11.3 Å². The molecule has 110 valence electrons. The van der Waals surface area contributed by atoms with Crippen molar-refractivity contribution in [1.82, 2.24) is 19.9 Å². The van der Waals surface area contributed by atoms with Gasteiger partial charge < -0.3 is 10.0 Å². The average molecular weight is 280 g/mol. The summed E-state index contributed by atoms with van der Waals surface area (Å²) < 4.78 is 1.48. The van der Waals surface area contributed by atoms with Crippen LogP contribution in [0, 0.1) is 11.3 Å². The van der Waals surface area contributed by atoms with Crippen molar-refractivity contribution in [2.45, 2.75) is 33.2 Å². The highest BCUT2D eigenvalue weighted by Crippen LogP contribution is 2.34. The minimum absolute atomic E-state index is 0.0200. The molecule has 2 heterocycles. The molecule has 1 amide bonds. The number of carbonyl (C=O) groups excluding carboxylic acids is 1. The summed E-state index contributed by atoms with van der Waals surface area (Å²) in [6, 6.07) is 0. The molecule has 1 unspecified atom stereocenters. The van der Waals surface area contributed by atoms with Gasteiger partial charge in [-0.3, -0.25) is 9.59 Å². The molecule has 2 rings (SSSR count). The van der Waals surface area contributed by atoms with E-state index < -0.39 is 11.4 Å². The maximum atomic E-state index is 12.2. The number of aliphatic carboxylic acids is 1. The molecule has 0 aromatic carbocycles. The van der Waals surface area contributed by atoms with Crippen LogP contribution >= 0.6 is 0 Å². The predicted octanol–water partition coefficient (Wildman–Crippen LogP) is 0.627. The number of carboxylic acid groups (broad SMARTS) is 1. The largest absolute Gasteiger partial charge is 0.481 e. The monoisotopic (exact) mass is 280 g/mol. The van der Waals surface area contributed by atoms with Crippen molar-refractivity contribution < 1.29 is 14.7 Å². The Kier molecular flexibility index (Phi) is 4.06. The number of likely N-dealkylation sites (tertiary alicyclic amines) is 1. The Morgan fingerprint density at radius 1 is 1.45 bits per heavy atom. The van der Waals surface area contributed by atoms with Crippen LogP contribution in [-0.2, 0) is 16.1 Å². The van der Waals surface area contributed by atoms with E-state index in [2.05, 4.69) is 10.3 Å². The van der Waals surface area contributed by atoms with Crippen LogP contribution < -0.4 is 0 Å². The van der Waals surface area contributed by atoms with Gasteiger partial charge in [0.2, 0.25) is 5.91 Å². The molecule has 1 fully saturated rings. The topological polar surface area (TPSA) is 88.3 Å². The van der Waals surface area contributed by atoms with Crippen LogP contribution in [0.4, 0.5) is 0 Å². The second-order valence-electron chi connectivity index (χ2n) is 5.81. The molecule has 1 N–H and O–H groups in total. The summed E-state index contributed by atoms with van der Waals surface area (Å²) in [5.41, 5.74) is -0.813. The Morgan fingerprint density at radius 3 is 2.80 bits per heavy atom. The summed E-state index contributed by atoms with van der Waals surface area (Å²) in [6.45, 7) is 4.78. The van der Waals surface area contributed by atoms with Crippen LogP contribution in [0.1, 0.15) is 26.7 Å². The summed E-state index contributed by atoms with van der Waals surface area (Å²) in [6.07, 6.45) is 4.84. The molecule has 0 radical (unpaired) electrons. The number of rotatable bonds is 4. The Hall–Kier alpha value is -1.92. The van der Waals surface area contributed by atoms with Crippen molar-refractivity contribution in [1.29, 1.82) is 0 Å². The normalized spacial score (nSPS) is 19.9. The van der Waals surface area contributed by atoms with Gasteiger partial charge >= 0.3 is 5.97 Å². The smallest absolute Gasteiger partial charge is 0.309 e. The van der Waals surface area contributed by atoms with Crippen molar-refractivity contribution in [2.75, 3.05) is 13.1 Å². The Bertz CT molecular complexity index is 484. The third kappa shape index (κ3) is 2.97. The fourth-order valence-corrected chi connectivity index (χ4v) is 2.52. The van der Waals surface area contributed by atoms with Gasteiger partial charge in [0.05, 0.1) is 11.6 Å². The van der Waals surface area contributed by atoms with Gasteiger partial charge in [0.25, 0.3) is 0 Å². The predicted molar refractivity (Wildman–Crippen MR) is 70.7 cm³/mol. The summed E-state index contributed by atoms with van der Waals surface area (Å²) in [7, 11) is 0. The summed E-state index contributed by atoms with van der Waals surface area (Å²) in [5, 5.41) is 16.7. The number of carboxylic acids is 1. The maximum Gasteiger partial charge on any atom is 0.309 e. The van der Waals surface area contributed by atoms with Crippen molar-refractivity contribution in [3.8, 4) is 0 Å². The fraction of sp³-hybridized carbons (Fsp3) is 0.692. The molecule has 7 heteroatoms. The van der Waals surface area contributed by atoms with Crippen molar-refractivity contribution in [3.63, 3.8) is 0 Å². The van der Waals surface area contributed by atoms with Gasteiger partial charge in [0.1, 0.15) is 6.54 Å². The third-order valence-electron chi connectivity index (χ3n) is 4.12. The number of piperidine rings is 1. The highest BCUT2D eigenvalue weighted by atomic mass is 16.4. The molecule has 1 aromatic heterocycles. The van der Waals surface area contributed by atoms with Gasteiger partial charge in [-0.2, -0.15) is 0 Å². The van der Waals surface area contributed by atoms with Crippen molar-refractivity contribution >= 4 is 11.9 Å². The van der Waals surface area contributed by atoms with E-state index in [-0.39, 0.29) is 18.4 Å². The minimum Gasteiger partial charge on any atom is -0.481 e. The van der Waals surface area contributed by atoms with E-state index in [1.165, 1.54) is 10.9 Å². The molecule has 0 aliphatic carbocycles. The standard InChI is InChI=1S/C13H20N4O3/c1-13(2,12(19)20)10-4-3-6-16(8-10)11(18)9-17-7-5-14-15-17/h5,7,10H,3-4,6,8-9H2,1-2H3,(H,19,20). The Balaban J connectivity index is 2.00. The van der Waals surface area contributed by atoms with E-state index in [9.17, 15) is 14.7 Å². The highest BCUT2D eigenvalue weighted by Gasteiger charge is 2.39. The van der Waals surface area contributed by atoms with E-state index in [1.807, 2.05) is 0 Å².